The molecule has 3 rings (SSSR count). The van der Waals surface area contributed by atoms with Gasteiger partial charge in [0.25, 0.3) is 5.91 Å². The fraction of sp³-hybridized carbons (Fsp3) is 0.190. The van der Waals surface area contributed by atoms with Gasteiger partial charge < -0.3 is 19.6 Å². The number of carbonyl (C=O) groups is 2. The molecule has 1 amide bonds. The van der Waals surface area contributed by atoms with Gasteiger partial charge in [0.15, 0.2) is 6.61 Å². The molecule has 2 aromatic carbocycles. The van der Waals surface area contributed by atoms with Crippen molar-refractivity contribution in [1.82, 2.24) is 5.32 Å². The van der Waals surface area contributed by atoms with Crippen LogP contribution in [-0.2, 0) is 9.59 Å². The number of carboxylic acid groups (broad SMARTS) is 1. The summed E-state index contributed by atoms with van der Waals surface area (Å²) in [6.07, 6.45) is 0.346. The lowest BCUT2D eigenvalue weighted by atomic mass is 10.0. The number of benzene rings is 2. The number of amides is 1. The molecule has 0 radical (unpaired) electrons. The number of hydrogen-bond acceptors (Lipinski definition) is 5. The van der Waals surface area contributed by atoms with Gasteiger partial charge in [-0.25, -0.2) is 4.79 Å². The van der Waals surface area contributed by atoms with Crippen LogP contribution in [0.3, 0.4) is 0 Å². The minimum atomic E-state index is -0.905. The van der Waals surface area contributed by atoms with Crippen molar-refractivity contribution in [2.24, 2.45) is 0 Å². The molecule has 0 bridgehead atoms. The van der Waals surface area contributed by atoms with E-state index in [2.05, 4.69) is 5.32 Å². The Morgan fingerprint density at radius 1 is 1.07 bits per heavy atom. The molecule has 1 aromatic heterocycles. The molecule has 144 valence electrons. The first-order valence-corrected chi connectivity index (χ1v) is 8.77. The highest BCUT2D eigenvalue weighted by Crippen LogP contribution is 2.29. The molecule has 0 spiro atoms. The lowest BCUT2D eigenvalue weighted by Crippen LogP contribution is -2.29. The minimum absolute atomic E-state index is 0.00536. The number of ether oxygens (including phenoxy) is 1. The summed E-state index contributed by atoms with van der Waals surface area (Å²) in [7, 11) is 0. The van der Waals surface area contributed by atoms with E-state index < -0.39 is 11.6 Å². The summed E-state index contributed by atoms with van der Waals surface area (Å²) in [5.74, 6) is -0.871. The number of rotatable bonds is 8. The number of nitrogens with one attached hydrogen (secondary N) is 1. The van der Waals surface area contributed by atoms with Crippen LogP contribution >= 0.6 is 0 Å². The molecule has 0 saturated carbocycles. The molecular weight excluding hydrogens is 362 g/mol. The number of carbonyl (C=O) groups excluding carboxylic acids is 1. The van der Waals surface area contributed by atoms with Gasteiger partial charge in [0, 0.05) is 30.5 Å². The quantitative estimate of drug-likeness (QED) is 0.459. The molecule has 7 nitrogen and oxygen atoms in total. The zero-order chi connectivity index (χ0) is 19.9. The van der Waals surface area contributed by atoms with E-state index in [4.69, 9.17) is 14.3 Å². The Labute approximate surface area is 160 Å². The molecule has 2 N–H and O–H groups in total. The molecule has 1 heterocycles. The average Bonchev–Trinajstić information content (AvgIpc) is 2.69. The summed E-state index contributed by atoms with van der Waals surface area (Å²) in [6.45, 7) is 0.0444. The molecule has 28 heavy (non-hydrogen) atoms. The van der Waals surface area contributed by atoms with Gasteiger partial charge in [-0.2, -0.15) is 0 Å². The summed E-state index contributed by atoms with van der Waals surface area (Å²) in [5.41, 5.74) is 1.55. The minimum Gasteiger partial charge on any atom is -0.484 e. The molecule has 7 heteroatoms. The van der Waals surface area contributed by atoms with Crippen molar-refractivity contribution in [3.63, 3.8) is 0 Å². The Bertz CT molecular complexity index is 1040. The molecule has 0 saturated heterocycles. The Kier molecular flexibility index (Phi) is 6.06. The van der Waals surface area contributed by atoms with Crippen LogP contribution in [0.5, 0.6) is 5.75 Å². The second-order valence-electron chi connectivity index (χ2n) is 6.14. The second-order valence-corrected chi connectivity index (χ2v) is 6.14. The van der Waals surface area contributed by atoms with E-state index >= 15 is 0 Å². The van der Waals surface area contributed by atoms with Gasteiger partial charge >= 0.3 is 11.6 Å². The first-order chi connectivity index (χ1) is 13.5. The van der Waals surface area contributed by atoms with Crippen LogP contribution in [-0.4, -0.2) is 30.1 Å². The van der Waals surface area contributed by atoms with Gasteiger partial charge in [0.05, 0.1) is 0 Å². The topological polar surface area (TPSA) is 106 Å². The molecule has 3 aromatic rings. The molecule has 0 aliphatic carbocycles. The summed E-state index contributed by atoms with van der Waals surface area (Å²) >= 11 is 0. The molecule has 0 unspecified atom stereocenters. The maximum atomic E-state index is 11.9. The number of carboxylic acids is 1. The van der Waals surface area contributed by atoms with Crippen LogP contribution < -0.4 is 15.7 Å². The van der Waals surface area contributed by atoms with E-state index in [1.54, 1.807) is 18.2 Å². The van der Waals surface area contributed by atoms with Gasteiger partial charge in [-0.15, -0.1) is 0 Å². The van der Waals surface area contributed by atoms with Gasteiger partial charge in [-0.05, 0) is 29.7 Å². The second kappa shape index (κ2) is 8.85. The van der Waals surface area contributed by atoms with Crippen LogP contribution in [0.1, 0.15) is 12.8 Å². The van der Waals surface area contributed by atoms with E-state index in [9.17, 15) is 14.4 Å². The van der Waals surface area contributed by atoms with Crippen LogP contribution in [0.4, 0.5) is 0 Å². The number of fused-ring (bicyclic) bond motifs is 1. The number of aliphatic carboxylic acids is 1. The van der Waals surface area contributed by atoms with Gasteiger partial charge in [-0.1, -0.05) is 30.3 Å². The van der Waals surface area contributed by atoms with Crippen molar-refractivity contribution < 1.29 is 23.8 Å². The Morgan fingerprint density at radius 3 is 2.61 bits per heavy atom. The Morgan fingerprint density at radius 2 is 1.86 bits per heavy atom. The van der Waals surface area contributed by atoms with E-state index in [0.29, 0.717) is 17.8 Å². The third kappa shape index (κ3) is 4.97. The van der Waals surface area contributed by atoms with Crippen LogP contribution in [0.15, 0.2) is 63.8 Å². The largest absolute Gasteiger partial charge is 0.484 e. The van der Waals surface area contributed by atoms with Crippen molar-refractivity contribution in [2.75, 3.05) is 13.2 Å². The summed E-state index contributed by atoms with van der Waals surface area (Å²) < 4.78 is 10.7. The lowest BCUT2D eigenvalue weighted by molar-refractivity contribution is -0.137. The average molecular weight is 381 g/mol. The van der Waals surface area contributed by atoms with Gasteiger partial charge in [0.2, 0.25) is 0 Å². The molecule has 0 aliphatic rings. The summed E-state index contributed by atoms with van der Waals surface area (Å²) in [5, 5.41) is 11.9. The highest BCUT2D eigenvalue weighted by atomic mass is 16.5. The van der Waals surface area contributed by atoms with Gasteiger partial charge in [-0.3, -0.25) is 9.59 Å². The maximum Gasteiger partial charge on any atom is 0.336 e. The molecule has 0 fully saturated rings. The van der Waals surface area contributed by atoms with Crippen molar-refractivity contribution in [1.29, 1.82) is 0 Å². The Hall–Kier alpha value is -3.61. The van der Waals surface area contributed by atoms with E-state index in [0.717, 1.165) is 16.5 Å². The zero-order valence-electron chi connectivity index (χ0n) is 15.0. The molecular formula is C21H19NO6. The van der Waals surface area contributed by atoms with Crippen molar-refractivity contribution in [3.8, 4) is 16.9 Å². The SMILES string of the molecule is O=C(O)CCCNC(=O)COc1ccc2c(-c3ccccc3)cc(=O)oc2c1. The normalized spacial score (nSPS) is 10.6. The van der Waals surface area contributed by atoms with E-state index in [1.807, 2.05) is 30.3 Å². The fourth-order valence-corrected chi connectivity index (χ4v) is 2.76. The van der Waals surface area contributed by atoms with Crippen molar-refractivity contribution in [3.05, 3.63) is 65.0 Å². The van der Waals surface area contributed by atoms with Gasteiger partial charge in [0.1, 0.15) is 11.3 Å². The third-order valence-electron chi connectivity index (χ3n) is 4.06. The number of hydrogen-bond donors (Lipinski definition) is 2. The fourth-order valence-electron chi connectivity index (χ4n) is 2.76. The molecule has 0 aliphatic heterocycles. The zero-order valence-corrected chi connectivity index (χ0v) is 15.0. The monoisotopic (exact) mass is 381 g/mol. The summed E-state index contributed by atoms with van der Waals surface area (Å²) in [6, 6.07) is 16.0. The highest BCUT2D eigenvalue weighted by Gasteiger charge is 2.10. The highest BCUT2D eigenvalue weighted by molar-refractivity contribution is 5.93. The third-order valence-corrected chi connectivity index (χ3v) is 4.06. The first-order valence-electron chi connectivity index (χ1n) is 8.77. The Balaban J connectivity index is 1.70. The lowest BCUT2D eigenvalue weighted by Gasteiger charge is -2.09. The van der Waals surface area contributed by atoms with E-state index in [-0.39, 0.29) is 25.5 Å². The van der Waals surface area contributed by atoms with Crippen molar-refractivity contribution in [2.45, 2.75) is 12.8 Å². The smallest absolute Gasteiger partial charge is 0.336 e. The van der Waals surface area contributed by atoms with Crippen LogP contribution in [0, 0.1) is 0 Å². The predicted octanol–water partition coefficient (Wildman–Crippen LogP) is 2.82. The maximum absolute atomic E-state index is 11.9. The summed E-state index contributed by atoms with van der Waals surface area (Å²) in [4.78, 5) is 34.1. The first kappa shape index (κ1) is 19.2. The van der Waals surface area contributed by atoms with Crippen LogP contribution in [0.2, 0.25) is 0 Å². The van der Waals surface area contributed by atoms with Crippen molar-refractivity contribution >= 4 is 22.8 Å². The standard InChI is InChI=1S/C21H19NO6/c23-19(22-10-4-7-20(24)25)13-27-15-8-9-16-17(14-5-2-1-3-6-14)12-21(26)28-18(16)11-15/h1-3,5-6,8-9,11-12H,4,7,10,13H2,(H,22,23)(H,24,25). The van der Waals surface area contributed by atoms with E-state index in [1.165, 1.54) is 6.07 Å². The van der Waals surface area contributed by atoms with Crippen LogP contribution in [0.25, 0.3) is 22.1 Å². The predicted molar refractivity (Wildman–Crippen MR) is 103 cm³/mol. The molecule has 0 atom stereocenters.